The molecule has 7 nitrogen and oxygen atoms in total. The van der Waals surface area contributed by atoms with Crippen LogP contribution in [-0.4, -0.2) is 70.8 Å². The van der Waals surface area contributed by atoms with Gasteiger partial charge in [-0.15, -0.1) is 0 Å². The zero-order valence-corrected chi connectivity index (χ0v) is 17.0. The van der Waals surface area contributed by atoms with Crippen molar-refractivity contribution in [2.45, 2.75) is 18.9 Å². The van der Waals surface area contributed by atoms with Crippen LogP contribution in [0.3, 0.4) is 0 Å². The summed E-state index contributed by atoms with van der Waals surface area (Å²) in [7, 11) is -1.48. The summed E-state index contributed by atoms with van der Waals surface area (Å²) in [4.78, 5) is 5.91. The van der Waals surface area contributed by atoms with Crippen molar-refractivity contribution in [2.24, 2.45) is 10.9 Å². The van der Waals surface area contributed by atoms with Crippen molar-refractivity contribution in [2.75, 3.05) is 50.9 Å². The Labute approximate surface area is 164 Å². The first-order valence-corrected chi connectivity index (χ1v) is 11.2. The molecule has 0 saturated carbocycles. The first kappa shape index (κ1) is 20.8. The van der Waals surface area contributed by atoms with Crippen molar-refractivity contribution in [3.8, 4) is 0 Å². The molecule has 0 aromatic heterocycles. The molecule has 2 fully saturated rings. The molecule has 2 saturated heterocycles. The van der Waals surface area contributed by atoms with Gasteiger partial charge in [0, 0.05) is 45.8 Å². The normalized spacial score (nSPS) is 24.0. The van der Waals surface area contributed by atoms with Crippen molar-refractivity contribution in [3.05, 3.63) is 29.8 Å². The Morgan fingerprint density at radius 3 is 2.54 bits per heavy atom. The average Bonchev–Trinajstić information content (AvgIpc) is 3.28. The van der Waals surface area contributed by atoms with Gasteiger partial charge in [0.1, 0.15) is 17.3 Å². The van der Waals surface area contributed by atoms with Gasteiger partial charge in [-0.2, -0.15) is 0 Å². The van der Waals surface area contributed by atoms with E-state index in [-0.39, 0.29) is 17.6 Å². The van der Waals surface area contributed by atoms with E-state index in [2.05, 4.69) is 15.6 Å². The van der Waals surface area contributed by atoms with Crippen molar-refractivity contribution in [1.82, 2.24) is 14.9 Å². The van der Waals surface area contributed by atoms with E-state index in [0.717, 1.165) is 12.8 Å². The Hall–Kier alpha value is -1.94. The molecule has 3 rings (SSSR count). The number of hydrogen-bond acceptors (Lipinski definition) is 4. The molecule has 156 valence electrons. The first-order chi connectivity index (χ1) is 13.3. The highest BCUT2D eigenvalue weighted by atomic mass is 32.2. The monoisotopic (exact) mass is 415 g/mol. The molecular formula is C18H27F2N5O2S. The Bertz CT molecular complexity index is 813. The minimum atomic E-state index is -3.14. The third-order valence-corrected chi connectivity index (χ3v) is 6.55. The second-order valence-corrected chi connectivity index (χ2v) is 9.36. The molecule has 2 heterocycles. The van der Waals surface area contributed by atoms with Crippen LogP contribution in [0.1, 0.15) is 12.8 Å². The molecule has 2 N–H and O–H groups in total. The highest BCUT2D eigenvalue weighted by molar-refractivity contribution is 7.88. The minimum Gasteiger partial charge on any atom is -0.365 e. The van der Waals surface area contributed by atoms with E-state index >= 15 is 0 Å². The molecule has 0 amide bonds. The van der Waals surface area contributed by atoms with Gasteiger partial charge in [0.25, 0.3) is 0 Å². The maximum absolute atomic E-state index is 14.0. The van der Waals surface area contributed by atoms with Gasteiger partial charge in [-0.3, -0.25) is 4.99 Å². The first-order valence-electron chi connectivity index (χ1n) is 9.39. The van der Waals surface area contributed by atoms with E-state index in [9.17, 15) is 17.2 Å². The molecule has 2 unspecified atom stereocenters. The molecule has 28 heavy (non-hydrogen) atoms. The van der Waals surface area contributed by atoms with Crippen molar-refractivity contribution < 1.29 is 17.2 Å². The number of nitrogens with one attached hydrogen (secondary N) is 2. The largest absolute Gasteiger partial charge is 0.365 e. The van der Waals surface area contributed by atoms with E-state index in [0.29, 0.717) is 38.7 Å². The molecule has 0 aliphatic carbocycles. The lowest BCUT2D eigenvalue weighted by atomic mass is 10.1. The van der Waals surface area contributed by atoms with Crippen molar-refractivity contribution >= 4 is 21.7 Å². The van der Waals surface area contributed by atoms with Crippen LogP contribution < -0.4 is 15.5 Å². The summed E-state index contributed by atoms with van der Waals surface area (Å²) in [6.45, 7) is 2.70. The number of halogens is 2. The molecule has 0 bridgehead atoms. The minimum absolute atomic E-state index is 0.0151. The summed E-state index contributed by atoms with van der Waals surface area (Å²) in [5, 5.41) is 6.53. The molecule has 2 aliphatic rings. The Morgan fingerprint density at radius 1 is 1.21 bits per heavy atom. The maximum atomic E-state index is 14.0. The number of sulfonamides is 1. The molecule has 1 aromatic carbocycles. The highest BCUT2D eigenvalue weighted by Crippen LogP contribution is 2.26. The van der Waals surface area contributed by atoms with Crippen LogP contribution in [0.4, 0.5) is 14.5 Å². The summed E-state index contributed by atoms with van der Waals surface area (Å²) < 4.78 is 52.7. The quantitative estimate of drug-likeness (QED) is 0.554. The topological polar surface area (TPSA) is 77.0 Å². The lowest BCUT2D eigenvalue weighted by Crippen LogP contribution is -2.46. The van der Waals surface area contributed by atoms with Gasteiger partial charge >= 0.3 is 0 Å². The molecule has 0 spiro atoms. The fourth-order valence-corrected chi connectivity index (χ4v) is 4.68. The van der Waals surface area contributed by atoms with E-state index in [1.54, 1.807) is 11.9 Å². The van der Waals surface area contributed by atoms with Crippen LogP contribution >= 0.6 is 0 Å². The molecule has 10 heteroatoms. The molecular weight excluding hydrogens is 388 g/mol. The molecule has 1 aromatic rings. The maximum Gasteiger partial charge on any atom is 0.211 e. The number of rotatable bonds is 5. The number of aliphatic imine (C=N–C) groups is 1. The van der Waals surface area contributed by atoms with Gasteiger partial charge in [-0.05, 0) is 30.9 Å². The summed E-state index contributed by atoms with van der Waals surface area (Å²) in [6.07, 6.45) is 2.77. The van der Waals surface area contributed by atoms with Gasteiger partial charge in [0.05, 0.1) is 6.26 Å². The SMILES string of the molecule is CN=C(NCC1CCN(S(C)(=O)=O)C1)NC1CCN(c2c(F)cccc2F)C1. The second kappa shape index (κ2) is 8.60. The summed E-state index contributed by atoms with van der Waals surface area (Å²) in [5.74, 6) is -0.279. The van der Waals surface area contributed by atoms with Crippen LogP contribution in [0.25, 0.3) is 0 Å². The van der Waals surface area contributed by atoms with Crippen LogP contribution in [0, 0.1) is 17.6 Å². The average molecular weight is 416 g/mol. The van der Waals surface area contributed by atoms with Gasteiger partial charge in [-0.25, -0.2) is 21.5 Å². The number of para-hydroxylation sites is 1. The number of benzene rings is 1. The number of guanidine groups is 1. The van der Waals surface area contributed by atoms with Gasteiger partial charge < -0.3 is 15.5 Å². The number of nitrogens with zero attached hydrogens (tertiary/aromatic N) is 3. The summed E-state index contributed by atoms with van der Waals surface area (Å²) in [5.41, 5.74) is 0.0153. The van der Waals surface area contributed by atoms with Crippen LogP contribution in [-0.2, 0) is 10.0 Å². The molecule has 2 aliphatic heterocycles. The van der Waals surface area contributed by atoms with E-state index in [4.69, 9.17) is 0 Å². The third kappa shape index (κ3) is 4.91. The fraction of sp³-hybridized carbons (Fsp3) is 0.611. The summed E-state index contributed by atoms with van der Waals surface area (Å²) in [6, 6.07) is 3.91. The third-order valence-electron chi connectivity index (χ3n) is 5.28. The van der Waals surface area contributed by atoms with Crippen LogP contribution in [0.2, 0.25) is 0 Å². The molecule has 2 atom stereocenters. The van der Waals surface area contributed by atoms with Gasteiger partial charge in [-0.1, -0.05) is 6.07 Å². The van der Waals surface area contributed by atoms with Crippen molar-refractivity contribution in [3.63, 3.8) is 0 Å². The Balaban J connectivity index is 1.50. The number of hydrogen-bond donors (Lipinski definition) is 2. The lowest BCUT2D eigenvalue weighted by Gasteiger charge is -2.22. The Kier molecular flexibility index (Phi) is 6.39. The van der Waals surface area contributed by atoms with Gasteiger partial charge in [0.2, 0.25) is 10.0 Å². The zero-order valence-electron chi connectivity index (χ0n) is 16.2. The standard InChI is InChI=1S/C18H27F2N5O2S/c1-21-18(22-10-13-6-9-25(11-13)28(2,26)27)23-14-7-8-24(12-14)17-15(19)4-3-5-16(17)20/h3-5,13-14H,6-12H2,1-2H3,(H2,21,22,23). The van der Waals surface area contributed by atoms with E-state index in [1.165, 1.54) is 28.8 Å². The highest BCUT2D eigenvalue weighted by Gasteiger charge is 2.30. The smallest absolute Gasteiger partial charge is 0.211 e. The van der Waals surface area contributed by atoms with Crippen LogP contribution in [0.5, 0.6) is 0 Å². The lowest BCUT2D eigenvalue weighted by molar-refractivity contribution is 0.458. The zero-order chi connectivity index (χ0) is 20.3. The predicted molar refractivity (Wildman–Crippen MR) is 106 cm³/mol. The van der Waals surface area contributed by atoms with Crippen LogP contribution in [0.15, 0.2) is 23.2 Å². The predicted octanol–water partition coefficient (Wildman–Crippen LogP) is 0.990. The number of anilines is 1. The molecule has 0 radical (unpaired) electrons. The fourth-order valence-electron chi connectivity index (χ4n) is 3.77. The Morgan fingerprint density at radius 2 is 1.93 bits per heavy atom. The van der Waals surface area contributed by atoms with Crippen molar-refractivity contribution in [1.29, 1.82) is 0 Å². The van der Waals surface area contributed by atoms with E-state index < -0.39 is 21.7 Å². The van der Waals surface area contributed by atoms with Gasteiger partial charge in [0.15, 0.2) is 5.96 Å². The second-order valence-electron chi connectivity index (χ2n) is 7.38. The summed E-state index contributed by atoms with van der Waals surface area (Å²) >= 11 is 0. The van der Waals surface area contributed by atoms with E-state index in [1.807, 2.05) is 0 Å².